The Morgan fingerprint density at radius 1 is 0.262 bits per heavy atom. The van der Waals surface area contributed by atoms with Crippen LogP contribution in [0, 0.1) is 0 Å². The van der Waals surface area contributed by atoms with E-state index in [2.05, 4.69) is 109 Å². The lowest BCUT2D eigenvalue weighted by Gasteiger charge is -2.09. The van der Waals surface area contributed by atoms with Crippen molar-refractivity contribution < 1.29 is 0 Å². The molecule has 0 saturated carbocycles. The first-order valence-electron chi connectivity index (χ1n) is 15.3. The summed E-state index contributed by atoms with van der Waals surface area (Å²) in [7, 11) is 0. The van der Waals surface area contributed by atoms with Gasteiger partial charge in [-0.2, -0.15) is 0 Å². The Morgan fingerprint density at radius 2 is 0.548 bits per heavy atom. The third-order valence-corrected chi connectivity index (χ3v) is 10.8. The van der Waals surface area contributed by atoms with Crippen LogP contribution < -0.4 is 0 Å². The van der Waals surface area contributed by atoms with Crippen molar-refractivity contribution in [3.8, 4) is 44.5 Å². The maximum Gasteiger partial charge on any atom is -0.000730 e. The van der Waals surface area contributed by atoms with Crippen molar-refractivity contribution >= 4 is 21.5 Å². The average molecular weight is 531 g/mol. The average Bonchev–Trinajstić information content (AvgIpc) is 3.78. The molecule has 0 radical (unpaired) electrons. The Hall–Kier alpha value is -4.94. The molecule has 194 valence electrons. The SMILES string of the molecule is c1ccc2cc3c(cc2c1)Cc1c-3ccc2c1Cc1c-2ccc2c1Cc1c-2ccc2c1Cc1cc3ccccc3cc1-2. The van der Waals surface area contributed by atoms with Gasteiger partial charge in [-0.1, -0.05) is 97.1 Å². The van der Waals surface area contributed by atoms with E-state index in [1.165, 1.54) is 77.2 Å². The third-order valence-electron chi connectivity index (χ3n) is 10.8. The highest BCUT2D eigenvalue weighted by Gasteiger charge is 2.34. The van der Waals surface area contributed by atoms with Gasteiger partial charge < -0.3 is 0 Å². The van der Waals surface area contributed by atoms with Gasteiger partial charge in [0.05, 0.1) is 0 Å². The molecule has 0 fully saturated rings. The number of hydrogen-bond donors (Lipinski definition) is 0. The molecule has 4 aliphatic carbocycles. The Kier molecular flexibility index (Phi) is 3.87. The van der Waals surface area contributed by atoms with E-state index in [4.69, 9.17) is 0 Å². The number of fused-ring (bicyclic) bond motifs is 17. The van der Waals surface area contributed by atoms with Crippen LogP contribution >= 0.6 is 0 Å². The topological polar surface area (TPSA) is 0 Å². The fraction of sp³-hybridized carbons (Fsp3) is 0.0952. The van der Waals surface area contributed by atoms with Crippen LogP contribution in [0.2, 0.25) is 0 Å². The molecule has 0 bridgehead atoms. The molecule has 7 aromatic rings. The molecule has 4 aliphatic rings. The third kappa shape index (κ3) is 2.64. The summed E-state index contributed by atoms with van der Waals surface area (Å²) in [4.78, 5) is 0. The molecule has 0 heterocycles. The first-order valence-corrected chi connectivity index (χ1v) is 15.3. The van der Waals surface area contributed by atoms with Gasteiger partial charge in [-0.25, -0.2) is 0 Å². The van der Waals surface area contributed by atoms with E-state index in [1.54, 1.807) is 33.4 Å². The second-order valence-corrected chi connectivity index (χ2v) is 12.8. The summed E-state index contributed by atoms with van der Waals surface area (Å²) in [6.45, 7) is 0. The van der Waals surface area contributed by atoms with E-state index in [0.29, 0.717) is 0 Å². The molecule has 0 nitrogen and oxygen atoms in total. The monoisotopic (exact) mass is 530 g/mol. The van der Waals surface area contributed by atoms with Gasteiger partial charge in [0, 0.05) is 0 Å². The predicted molar refractivity (Wildman–Crippen MR) is 174 cm³/mol. The molecule has 0 aliphatic heterocycles. The lowest BCUT2D eigenvalue weighted by atomic mass is 9.95. The Bertz CT molecular complexity index is 2230. The first-order chi connectivity index (χ1) is 20.8. The van der Waals surface area contributed by atoms with E-state index in [0.717, 1.165) is 25.7 Å². The quantitative estimate of drug-likeness (QED) is 0.183. The normalized spacial score (nSPS) is 14.3. The summed E-state index contributed by atoms with van der Waals surface area (Å²) in [6.07, 6.45) is 4.23. The smallest absolute Gasteiger partial charge is 0.000730 e. The highest BCUT2D eigenvalue weighted by molar-refractivity contribution is 5.97. The largest absolute Gasteiger partial charge is 0.0616 e. The fourth-order valence-corrected chi connectivity index (χ4v) is 8.91. The molecule has 0 aromatic heterocycles. The molecule has 0 amide bonds. The van der Waals surface area contributed by atoms with Crippen molar-refractivity contribution in [3.63, 3.8) is 0 Å². The molecule has 42 heavy (non-hydrogen) atoms. The van der Waals surface area contributed by atoms with E-state index in [9.17, 15) is 0 Å². The zero-order valence-corrected chi connectivity index (χ0v) is 23.2. The fourth-order valence-electron chi connectivity index (χ4n) is 8.91. The van der Waals surface area contributed by atoms with Gasteiger partial charge in [-0.05, 0) is 148 Å². The van der Waals surface area contributed by atoms with Crippen LogP contribution in [-0.2, 0) is 25.7 Å². The molecule has 7 aromatic carbocycles. The van der Waals surface area contributed by atoms with Crippen LogP contribution in [0.4, 0.5) is 0 Å². The van der Waals surface area contributed by atoms with E-state index in [1.807, 2.05) is 0 Å². The minimum atomic E-state index is 1.05. The van der Waals surface area contributed by atoms with E-state index < -0.39 is 0 Å². The maximum absolute atomic E-state index is 2.43. The van der Waals surface area contributed by atoms with Gasteiger partial charge in [0.1, 0.15) is 0 Å². The van der Waals surface area contributed by atoms with Crippen molar-refractivity contribution in [2.24, 2.45) is 0 Å². The zero-order valence-electron chi connectivity index (χ0n) is 23.2. The van der Waals surface area contributed by atoms with Crippen LogP contribution in [0.5, 0.6) is 0 Å². The predicted octanol–water partition coefficient (Wildman–Crippen LogP) is 10.3. The van der Waals surface area contributed by atoms with Gasteiger partial charge in [0.2, 0.25) is 0 Å². The summed E-state index contributed by atoms with van der Waals surface area (Å²) in [5, 5.41) is 5.38. The van der Waals surface area contributed by atoms with Crippen molar-refractivity contribution in [1.29, 1.82) is 0 Å². The van der Waals surface area contributed by atoms with Crippen LogP contribution in [0.15, 0.2) is 109 Å². The van der Waals surface area contributed by atoms with Crippen molar-refractivity contribution in [1.82, 2.24) is 0 Å². The first kappa shape index (κ1) is 21.8. The van der Waals surface area contributed by atoms with Crippen LogP contribution in [0.25, 0.3) is 66.1 Å². The molecule has 0 unspecified atom stereocenters. The van der Waals surface area contributed by atoms with Crippen molar-refractivity contribution in [3.05, 3.63) is 154 Å². The highest BCUT2D eigenvalue weighted by atomic mass is 14.4. The van der Waals surface area contributed by atoms with Gasteiger partial charge in [-0.15, -0.1) is 0 Å². The lowest BCUT2D eigenvalue weighted by Crippen LogP contribution is -1.94. The van der Waals surface area contributed by atoms with Crippen molar-refractivity contribution in [2.75, 3.05) is 0 Å². The van der Waals surface area contributed by atoms with Gasteiger partial charge in [0.15, 0.2) is 0 Å². The molecule has 0 saturated heterocycles. The lowest BCUT2D eigenvalue weighted by molar-refractivity contribution is 1.11. The van der Waals surface area contributed by atoms with Gasteiger partial charge in [-0.3, -0.25) is 0 Å². The standard InChI is InChI=1S/C42H26/c1-3-7-25-17-35-27(15-23(25)5-1)19-37-33(35)13-11-29-31-9-10-32-30-12-14-34-36-18-26-8-4-2-6-24(26)16-28(36)20-38(34)40(30)22-42(32)41(31)21-39(29)37/h1-18H,19-22H2. The van der Waals surface area contributed by atoms with Crippen molar-refractivity contribution in [2.45, 2.75) is 25.7 Å². The van der Waals surface area contributed by atoms with E-state index >= 15 is 0 Å². The maximum atomic E-state index is 2.43. The summed E-state index contributed by atoms with van der Waals surface area (Å²) < 4.78 is 0. The highest BCUT2D eigenvalue weighted by Crippen LogP contribution is 2.53. The molecular weight excluding hydrogens is 504 g/mol. The number of rotatable bonds is 0. The number of benzene rings is 7. The Balaban J connectivity index is 1.02. The molecule has 0 heteroatoms. The zero-order chi connectivity index (χ0) is 27.1. The minimum absolute atomic E-state index is 1.05. The second-order valence-electron chi connectivity index (χ2n) is 12.8. The molecule has 0 atom stereocenters. The summed E-state index contributed by atoms with van der Waals surface area (Å²) in [5.74, 6) is 0. The molecule has 0 spiro atoms. The summed E-state index contributed by atoms with van der Waals surface area (Å²) in [5.41, 5.74) is 24.0. The molecule has 11 rings (SSSR count). The molecular formula is C42H26. The Morgan fingerprint density at radius 3 is 0.905 bits per heavy atom. The summed E-state index contributed by atoms with van der Waals surface area (Å²) >= 11 is 0. The van der Waals surface area contributed by atoms with E-state index in [-0.39, 0.29) is 0 Å². The second kappa shape index (κ2) is 7.46. The summed E-state index contributed by atoms with van der Waals surface area (Å²) in [6, 6.07) is 41.8. The van der Waals surface area contributed by atoms with Crippen LogP contribution in [0.3, 0.4) is 0 Å². The molecule has 0 N–H and O–H groups in total. The Labute approximate surface area is 244 Å². The van der Waals surface area contributed by atoms with Crippen LogP contribution in [0.1, 0.15) is 44.5 Å². The van der Waals surface area contributed by atoms with Crippen LogP contribution in [-0.4, -0.2) is 0 Å². The van der Waals surface area contributed by atoms with Gasteiger partial charge >= 0.3 is 0 Å². The minimum Gasteiger partial charge on any atom is -0.0616 e. The van der Waals surface area contributed by atoms with Gasteiger partial charge in [0.25, 0.3) is 0 Å². The number of hydrogen-bond acceptors (Lipinski definition) is 0.